The molecule has 0 aliphatic heterocycles. The second-order valence-electron chi connectivity index (χ2n) is 10.8. The third kappa shape index (κ3) is 3.89. The minimum absolute atomic E-state index is 0.377. The Labute approximate surface area is 239 Å². The molecule has 0 nitrogen and oxygen atoms in total. The number of rotatable bonds is 3. The molecule has 0 saturated heterocycles. The molecule has 0 bridgehead atoms. The molecule has 1 aliphatic rings. The zero-order chi connectivity index (χ0) is 26.5. The van der Waals surface area contributed by atoms with Gasteiger partial charge in [-0.1, -0.05) is 121 Å². The molecule has 0 N–H and O–H groups in total. The summed E-state index contributed by atoms with van der Waals surface area (Å²) in [5.41, 5.74) is 12.2. The third-order valence-corrected chi connectivity index (χ3v) is 9.79. The summed E-state index contributed by atoms with van der Waals surface area (Å²) in [6.07, 6.45) is 2.22. The summed E-state index contributed by atoms with van der Waals surface area (Å²) in [4.78, 5) is 0. The maximum absolute atomic E-state index is 2.40. The van der Waals surface area contributed by atoms with Crippen LogP contribution >= 0.6 is 11.3 Å². The zero-order valence-electron chi connectivity index (χ0n) is 22.2. The number of fused-ring (bicyclic) bond motifs is 6. The molecule has 1 heterocycles. The first-order valence-electron chi connectivity index (χ1n) is 14.1. The van der Waals surface area contributed by atoms with Gasteiger partial charge in [0.05, 0.1) is 0 Å². The highest BCUT2D eigenvalue weighted by Gasteiger charge is 2.25. The Hall–Kier alpha value is -4.46. The van der Waals surface area contributed by atoms with E-state index in [4.69, 9.17) is 0 Å². The predicted octanol–water partition coefficient (Wildman–Crippen LogP) is 11.1. The van der Waals surface area contributed by atoms with E-state index in [2.05, 4.69) is 140 Å². The molecule has 40 heavy (non-hydrogen) atoms. The van der Waals surface area contributed by atoms with Crippen LogP contribution in [0.3, 0.4) is 0 Å². The SMILES string of the molecule is c1ccc(-c2cccc(-c3ccc4sc5c(C6CCc7ccccc7-c7ccccc76)cccc5c4c3)c2)cc1. The van der Waals surface area contributed by atoms with E-state index >= 15 is 0 Å². The summed E-state index contributed by atoms with van der Waals surface area (Å²) >= 11 is 1.95. The van der Waals surface area contributed by atoms with Crippen LogP contribution in [0, 0.1) is 0 Å². The molecule has 0 fully saturated rings. The Balaban J connectivity index is 1.25. The molecular weight excluding hydrogens is 500 g/mol. The molecule has 7 aromatic rings. The van der Waals surface area contributed by atoms with Crippen LogP contribution in [0.15, 0.2) is 140 Å². The molecule has 190 valence electrons. The quantitative estimate of drug-likeness (QED) is 0.214. The van der Waals surface area contributed by atoms with Crippen LogP contribution in [0.25, 0.3) is 53.6 Å². The van der Waals surface area contributed by atoms with Crippen molar-refractivity contribution in [3.8, 4) is 33.4 Å². The molecule has 6 aromatic carbocycles. The van der Waals surface area contributed by atoms with Gasteiger partial charge >= 0.3 is 0 Å². The molecule has 0 amide bonds. The Kier molecular flexibility index (Phi) is 5.64. The number of thiophene rings is 1. The van der Waals surface area contributed by atoms with Crippen molar-refractivity contribution in [2.45, 2.75) is 18.8 Å². The minimum atomic E-state index is 0.377. The van der Waals surface area contributed by atoms with Crippen LogP contribution in [0.2, 0.25) is 0 Å². The predicted molar refractivity (Wildman–Crippen MR) is 172 cm³/mol. The fourth-order valence-corrected chi connectivity index (χ4v) is 7.86. The Bertz CT molecular complexity index is 2010. The lowest BCUT2D eigenvalue weighted by molar-refractivity contribution is 0.731. The smallest absolute Gasteiger partial charge is 0.0393 e. The average Bonchev–Trinajstić information content (AvgIpc) is 3.32. The van der Waals surface area contributed by atoms with Gasteiger partial charge in [-0.15, -0.1) is 11.3 Å². The molecule has 1 heteroatoms. The van der Waals surface area contributed by atoms with Crippen LogP contribution in [-0.2, 0) is 6.42 Å². The normalized spacial score (nSPS) is 14.6. The summed E-state index contributed by atoms with van der Waals surface area (Å²) in [7, 11) is 0. The van der Waals surface area contributed by atoms with Crippen molar-refractivity contribution in [2.24, 2.45) is 0 Å². The molecule has 1 aliphatic carbocycles. The van der Waals surface area contributed by atoms with Gasteiger partial charge in [0.15, 0.2) is 0 Å². The summed E-state index contributed by atoms with van der Waals surface area (Å²) in [5.74, 6) is 0.377. The zero-order valence-corrected chi connectivity index (χ0v) is 23.0. The number of hydrogen-bond donors (Lipinski definition) is 0. The summed E-state index contributed by atoms with van der Waals surface area (Å²) in [6, 6.07) is 51.6. The van der Waals surface area contributed by atoms with E-state index in [1.165, 1.54) is 70.2 Å². The van der Waals surface area contributed by atoms with Crippen molar-refractivity contribution in [1.29, 1.82) is 0 Å². The maximum atomic E-state index is 2.40. The number of aryl methyl sites for hydroxylation is 1. The van der Waals surface area contributed by atoms with Gasteiger partial charge in [0.25, 0.3) is 0 Å². The van der Waals surface area contributed by atoms with Crippen LogP contribution in [0.4, 0.5) is 0 Å². The number of benzene rings is 6. The summed E-state index contributed by atoms with van der Waals surface area (Å²) < 4.78 is 2.79. The van der Waals surface area contributed by atoms with Crippen molar-refractivity contribution in [2.75, 3.05) is 0 Å². The van der Waals surface area contributed by atoms with Gasteiger partial charge in [-0.3, -0.25) is 0 Å². The first kappa shape index (κ1) is 23.4. The number of hydrogen-bond acceptors (Lipinski definition) is 1. The third-order valence-electron chi connectivity index (χ3n) is 8.55. The monoisotopic (exact) mass is 528 g/mol. The highest BCUT2D eigenvalue weighted by atomic mass is 32.1. The van der Waals surface area contributed by atoms with Gasteiger partial charge in [0.1, 0.15) is 0 Å². The van der Waals surface area contributed by atoms with Gasteiger partial charge in [0.2, 0.25) is 0 Å². The van der Waals surface area contributed by atoms with Gasteiger partial charge in [0, 0.05) is 26.1 Å². The average molecular weight is 529 g/mol. The molecule has 0 spiro atoms. The topological polar surface area (TPSA) is 0 Å². The fourth-order valence-electron chi connectivity index (χ4n) is 6.61. The minimum Gasteiger partial charge on any atom is -0.135 e. The van der Waals surface area contributed by atoms with E-state index in [9.17, 15) is 0 Å². The molecule has 1 atom stereocenters. The molecule has 1 aromatic heterocycles. The van der Waals surface area contributed by atoms with E-state index < -0.39 is 0 Å². The molecule has 8 rings (SSSR count). The molecular formula is C39H28S. The van der Waals surface area contributed by atoms with E-state index in [0.717, 1.165) is 12.8 Å². The lowest BCUT2D eigenvalue weighted by atomic mass is 9.85. The highest BCUT2D eigenvalue weighted by Crippen LogP contribution is 2.46. The van der Waals surface area contributed by atoms with E-state index in [1.54, 1.807) is 0 Å². The first-order chi connectivity index (χ1) is 19.8. The van der Waals surface area contributed by atoms with Crippen LogP contribution in [0.1, 0.15) is 29.0 Å². The first-order valence-corrected chi connectivity index (χ1v) is 14.9. The highest BCUT2D eigenvalue weighted by molar-refractivity contribution is 7.26. The molecule has 0 saturated carbocycles. The van der Waals surface area contributed by atoms with E-state index in [0.29, 0.717) is 5.92 Å². The van der Waals surface area contributed by atoms with Crippen molar-refractivity contribution in [3.63, 3.8) is 0 Å². The Morgan fingerprint density at radius 1 is 0.475 bits per heavy atom. The second kappa shape index (κ2) is 9.62. The molecule has 1 unspecified atom stereocenters. The van der Waals surface area contributed by atoms with Gasteiger partial charge < -0.3 is 0 Å². The van der Waals surface area contributed by atoms with Crippen molar-refractivity contribution < 1.29 is 0 Å². The van der Waals surface area contributed by atoms with Gasteiger partial charge in [-0.2, -0.15) is 0 Å². The second-order valence-corrected chi connectivity index (χ2v) is 11.9. The van der Waals surface area contributed by atoms with Crippen molar-refractivity contribution in [3.05, 3.63) is 156 Å². The Morgan fingerprint density at radius 3 is 2.05 bits per heavy atom. The van der Waals surface area contributed by atoms with E-state index in [1.807, 2.05) is 11.3 Å². The Morgan fingerprint density at radius 2 is 1.15 bits per heavy atom. The van der Waals surface area contributed by atoms with Crippen molar-refractivity contribution in [1.82, 2.24) is 0 Å². The lowest BCUT2D eigenvalue weighted by Gasteiger charge is -2.19. The van der Waals surface area contributed by atoms with Crippen LogP contribution in [-0.4, -0.2) is 0 Å². The maximum Gasteiger partial charge on any atom is 0.0393 e. The van der Waals surface area contributed by atoms with Gasteiger partial charge in [-0.05, 0) is 81.1 Å². The van der Waals surface area contributed by atoms with Crippen LogP contribution in [0.5, 0.6) is 0 Å². The summed E-state index contributed by atoms with van der Waals surface area (Å²) in [6.45, 7) is 0. The fraction of sp³-hybridized carbons (Fsp3) is 0.0769. The lowest BCUT2D eigenvalue weighted by Crippen LogP contribution is -2.02. The summed E-state index contributed by atoms with van der Waals surface area (Å²) in [5, 5.41) is 2.73. The largest absolute Gasteiger partial charge is 0.135 e. The standard InChI is InChI=1S/C39H28S/c1-2-10-26(11-3-1)28-13-8-14-29(24-28)30-21-23-38-37(25-30)36-19-9-18-35(39(36)40-38)34-22-20-27-12-4-5-15-31(27)32-16-6-7-17-33(32)34/h1-19,21,23-25,34H,20,22H2. The molecule has 0 radical (unpaired) electrons. The van der Waals surface area contributed by atoms with Gasteiger partial charge in [-0.25, -0.2) is 0 Å². The van der Waals surface area contributed by atoms with Crippen LogP contribution < -0.4 is 0 Å². The van der Waals surface area contributed by atoms with Crippen molar-refractivity contribution >= 4 is 31.5 Å². The van der Waals surface area contributed by atoms with E-state index in [-0.39, 0.29) is 0 Å².